The lowest BCUT2D eigenvalue weighted by molar-refractivity contribution is 0.318. The molecule has 0 spiro atoms. The van der Waals surface area contributed by atoms with Gasteiger partial charge < -0.3 is 16.3 Å². The van der Waals surface area contributed by atoms with Gasteiger partial charge in [-0.1, -0.05) is 17.3 Å². The lowest BCUT2D eigenvalue weighted by Crippen LogP contribution is -2.18. The van der Waals surface area contributed by atoms with Crippen molar-refractivity contribution in [2.75, 3.05) is 0 Å². The Balaban J connectivity index is 2.05. The highest BCUT2D eigenvalue weighted by atomic mass is 32.1. The number of hydrogen-bond donors (Lipinski definition) is 3. The predicted octanol–water partition coefficient (Wildman–Crippen LogP) is 2.58. The van der Waals surface area contributed by atoms with Crippen LogP contribution in [0.4, 0.5) is 4.39 Å². The maximum Gasteiger partial charge on any atom is 0.173 e. The van der Waals surface area contributed by atoms with Gasteiger partial charge >= 0.3 is 0 Å². The van der Waals surface area contributed by atoms with Gasteiger partial charge in [0.25, 0.3) is 0 Å². The molecule has 4 N–H and O–H groups in total. The molecule has 20 heavy (non-hydrogen) atoms. The van der Waals surface area contributed by atoms with Gasteiger partial charge in [0.15, 0.2) is 5.84 Å². The minimum absolute atomic E-state index is 0.110. The van der Waals surface area contributed by atoms with E-state index in [4.69, 9.17) is 10.9 Å². The summed E-state index contributed by atoms with van der Waals surface area (Å²) in [5.74, 6) is -0.684. The predicted molar refractivity (Wildman–Crippen MR) is 78.5 cm³/mol. The first kappa shape index (κ1) is 14.5. The van der Waals surface area contributed by atoms with Crippen molar-refractivity contribution in [1.82, 2.24) is 5.32 Å². The molecule has 1 heterocycles. The molecule has 0 bridgehead atoms. The van der Waals surface area contributed by atoms with Crippen molar-refractivity contribution in [2.45, 2.75) is 20.0 Å². The van der Waals surface area contributed by atoms with Gasteiger partial charge in [-0.25, -0.2) is 4.39 Å². The molecule has 2 rings (SSSR count). The summed E-state index contributed by atoms with van der Waals surface area (Å²) >= 11 is 1.67. The van der Waals surface area contributed by atoms with Gasteiger partial charge in [0.2, 0.25) is 0 Å². The lowest BCUT2D eigenvalue weighted by atomic mass is 10.1. The summed E-state index contributed by atoms with van der Waals surface area (Å²) < 4.78 is 14.1. The molecule has 6 heteroatoms. The summed E-state index contributed by atoms with van der Waals surface area (Å²) in [6.07, 6.45) is 0. The Kier molecular flexibility index (Phi) is 4.70. The molecular formula is C14H16FN3OS. The Morgan fingerprint density at radius 1 is 1.40 bits per heavy atom. The van der Waals surface area contributed by atoms with E-state index < -0.39 is 5.82 Å². The Labute approximate surface area is 120 Å². The van der Waals surface area contributed by atoms with E-state index >= 15 is 0 Å². The minimum atomic E-state index is -0.460. The molecule has 0 aliphatic rings. The Morgan fingerprint density at radius 3 is 2.85 bits per heavy atom. The molecule has 0 atom stereocenters. The monoisotopic (exact) mass is 293 g/mol. The Morgan fingerprint density at radius 2 is 2.20 bits per heavy atom. The molecule has 2 aromatic rings. The number of thiophene rings is 1. The molecule has 1 aromatic carbocycles. The highest BCUT2D eigenvalue weighted by Gasteiger charge is 2.11. The van der Waals surface area contributed by atoms with Crippen LogP contribution in [-0.4, -0.2) is 11.0 Å². The van der Waals surface area contributed by atoms with Crippen LogP contribution in [0.5, 0.6) is 0 Å². The zero-order valence-electron chi connectivity index (χ0n) is 11.1. The lowest BCUT2D eigenvalue weighted by Gasteiger charge is -2.08. The molecule has 0 aliphatic carbocycles. The van der Waals surface area contributed by atoms with Crippen molar-refractivity contribution in [3.05, 3.63) is 57.0 Å². The number of nitrogens with one attached hydrogen (secondary N) is 1. The van der Waals surface area contributed by atoms with E-state index in [-0.39, 0.29) is 11.4 Å². The summed E-state index contributed by atoms with van der Waals surface area (Å²) in [6, 6.07) is 6.90. The standard InChI is InChI=1S/C14H16FN3OS/c1-9-5-6-20-12(9)8-17-7-10-3-2-4-11(13(10)15)14(16)18-19/h2-6,17,19H,7-8H2,1H3,(H2,16,18). The topological polar surface area (TPSA) is 70.6 Å². The first-order chi connectivity index (χ1) is 9.63. The molecule has 106 valence electrons. The molecule has 1 aromatic heterocycles. The van der Waals surface area contributed by atoms with Gasteiger partial charge in [0.1, 0.15) is 5.82 Å². The average Bonchev–Trinajstić information content (AvgIpc) is 2.85. The fourth-order valence-corrected chi connectivity index (χ4v) is 2.74. The second-order valence-electron chi connectivity index (χ2n) is 4.39. The molecule has 0 saturated heterocycles. The number of hydrogen-bond acceptors (Lipinski definition) is 4. The highest BCUT2D eigenvalue weighted by molar-refractivity contribution is 7.10. The zero-order valence-corrected chi connectivity index (χ0v) is 11.9. The van der Waals surface area contributed by atoms with E-state index in [1.165, 1.54) is 16.5 Å². The van der Waals surface area contributed by atoms with Crippen LogP contribution in [-0.2, 0) is 13.1 Å². The molecule has 0 saturated carbocycles. The number of halogens is 1. The maximum absolute atomic E-state index is 14.1. The maximum atomic E-state index is 14.1. The van der Waals surface area contributed by atoms with Gasteiger partial charge in [-0.2, -0.15) is 0 Å². The van der Waals surface area contributed by atoms with Crippen molar-refractivity contribution < 1.29 is 9.60 Å². The van der Waals surface area contributed by atoms with Gasteiger partial charge in [0.05, 0.1) is 5.56 Å². The molecule has 0 amide bonds. The van der Waals surface area contributed by atoms with Crippen LogP contribution in [0.25, 0.3) is 0 Å². The smallest absolute Gasteiger partial charge is 0.173 e. The third-order valence-corrected chi connectivity index (χ3v) is 4.05. The normalized spacial score (nSPS) is 11.8. The van der Waals surface area contributed by atoms with Crippen LogP contribution in [0.3, 0.4) is 0 Å². The summed E-state index contributed by atoms with van der Waals surface area (Å²) in [4.78, 5) is 1.23. The van der Waals surface area contributed by atoms with Crippen molar-refractivity contribution in [3.63, 3.8) is 0 Å². The van der Waals surface area contributed by atoms with E-state index in [1.807, 2.05) is 12.3 Å². The third kappa shape index (κ3) is 3.15. The highest BCUT2D eigenvalue weighted by Crippen LogP contribution is 2.16. The van der Waals surface area contributed by atoms with Gasteiger partial charge in [-0.15, -0.1) is 11.3 Å². The van der Waals surface area contributed by atoms with E-state index in [1.54, 1.807) is 23.5 Å². The molecule has 0 aliphatic heterocycles. The number of aryl methyl sites for hydroxylation is 1. The van der Waals surface area contributed by atoms with E-state index in [0.29, 0.717) is 18.7 Å². The molecular weight excluding hydrogens is 277 g/mol. The van der Waals surface area contributed by atoms with Crippen molar-refractivity contribution >= 4 is 17.2 Å². The van der Waals surface area contributed by atoms with Crippen LogP contribution < -0.4 is 11.1 Å². The summed E-state index contributed by atoms with van der Waals surface area (Å²) in [7, 11) is 0. The number of benzene rings is 1. The van der Waals surface area contributed by atoms with Gasteiger partial charge in [-0.05, 0) is 30.0 Å². The van der Waals surface area contributed by atoms with E-state index in [2.05, 4.69) is 16.5 Å². The van der Waals surface area contributed by atoms with E-state index in [9.17, 15) is 4.39 Å². The largest absolute Gasteiger partial charge is 0.409 e. The Bertz CT molecular complexity index is 625. The van der Waals surface area contributed by atoms with Crippen LogP contribution in [0.15, 0.2) is 34.8 Å². The number of amidine groups is 1. The number of rotatable bonds is 5. The summed E-state index contributed by atoms with van der Waals surface area (Å²) in [5, 5.41) is 16.7. The van der Waals surface area contributed by atoms with Crippen LogP contribution in [0, 0.1) is 12.7 Å². The van der Waals surface area contributed by atoms with Crippen molar-refractivity contribution in [2.24, 2.45) is 10.9 Å². The quantitative estimate of drug-likeness (QED) is 0.343. The fourth-order valence-electron chi connectivity index (χ4n) is 1.86. The van der Waals surface area contributed by atoms with Crippen LogP contribution in [0.2, 0.25) is 0 Å². The second kappa shape index (κ2) is 6.49. The first-order valence-corrected chi connectivity index (χ1v) is 7.00. The molecule has 0 fully saturated rings. The zero-order chi connectivity index (χ0) is 14.5. The summed E-state index contributed by atoms with van der Waals surface area (Å²) in [5.41, 5.74) is 7.26. The van der Waals surface area contributed by atoms with Crippen LogP contribution in [0.1, 0.15) is 21.6 Å². The third-order valence-electron chi connectivity index (χ3n) is 3.03. The van der Waals surface area contributed by atoms with Gasteiger partial charge in [-0.3, -0.25) is 0 Å². The number of oxime groups is 1. The molecule has 0 unspecified atom stereocenters. The second-order valence-corrected chi connectivity index (χ2v) is 5.39. The minimum Gasteiger partial charge on any atom is -0.409 e. The Hall–Kier alpha value is -1.92. The molecule has 4 nitrogen and oxygen atoms in total. The average molecular weight is 293 g/mol. The van der Waals surface area contributed by atoms with E-state index in [0.717, 1.165) is 0 Å². The van der Waals surface area contributed by atoms with Crippen LogP contribution >= 0.6 is 11.3 Å². The van der Waals surface area contributed by atoms with Crippen molar-refractivity contribution in [3.8, 4) is 0 Å². The van der Waals surface area contributed by atoms with Gasteiger partial charge in [0, 0.05) is 23.5 Å². The number of nitrogens with zero attached hydrogens (tertiary/aromatic N) is 1. The molecule has 0 radical (unpaired) electrons. The SMILES string of the molecule is Cc1ccsc1CNCc1cccc(/C(N)=N/O)c1F. The summed E-state index contributed by atoms with van der Waals surface area (Å²) in [6.45, 7) is 3.12. The number of nitrogens with two attached hydrogens (primary N) is 1. The van der Waals surface area contributed by atoms with Crippen molar-refractivity contribution in [1.29, 1.82) is 0 Å². The first-order valence-electron chi connectivity index (χ1n) is 6.12. The fraction of sp³-hybridized carbons (Fsp3) is 0.214.